The van der Waals surface area contributed by atoms with Crippen LogP contribution in [0.1, 0.15) is 32.6 Å². The summed E-state index contributed by atoms with van der Waals surface area (Å²) in [5.41, 5.74) is 0. The molecule has 0 N–H and O–H groups in total. The molecule has 1 aromatic rings. The molecule has 0 fully saturated rings. The zero-order chi connectivity index (χ0) is 10.6. The molecule has 0 saturated heterocycles. The average molecular weight is 197 g/mol. The van der Waals surface area contributed by atoms with Gasteiger partial charge in [0.25, 0.3) is 0 Å². The minimum absolute atomic E-state index is 0.426. The summed E-state index contributed by atoms with van der Waals surface area (Å²) >= 11 is 0. The van der Waals surface area contributed by atoms with Crippen LogP contribution in [0.2, 0.25) is 0 Å². The molecule has 4 heteroatoms. The Morgan fingerprint density at radius 2 is 2.14 bits per heavy atom. The van der Waals surface area contributed by atoms with Gasteiger partial charge in [0.1, 0.15) is 12.2 Å². The second-order valence-corrected chi connectivity index (χ2v) is 4.01. The van der Waals surface area contributed by atoms with Crippen LogP contribution in [-0.2, 0) is 11.2 Å². The predicted molar refractivity (Wildman–Crippen MR) is 55.2 cm³/mol. The summed E-state index contributed by atoms with van der Waals surface area (Å²) in [6.07, 6.45) is 2.71. The molecule has 0 spiro atoms. The Bertz CT molecular complexity index is 270. The highest BCUT2D eigenvalue weighted by Crippen LogP contribution is 2.11. The Labute approximate surface area is 85.3 Å². The van der Waals surface area contributed by atoms with Gasteiger partial charge in [-0.3, -0.25) is 0 Å². The predicted octanol–water partition coefficient (Wildman–Crippen LogP) is 1.68. The third kappa shape index (κ3) is 2.80. The maximum atomic E-state index is 5.10. The van der Waals surface area contributed by atoms with Crippen molar-refractivity contribution in [2.24, 2.45) is 5.92 Å². The van der Waals surface area contributed by atoms with Crippen LogP contribution in [0, 0.1) is 5.92 Å². The average Bonchev–Trinajstić information content (AvgIpc) is 2.52. The van der Waals surface area contributed by atoms with Crippen LogP contribution in [-0.4, -0.2) is 28.5 Å². The van der Waals surface area contributed by atoms with Crippen LogP contribution in [0.15, 0.2) is 6.33 Å². The Kier molecular flexibility index (Phi) is 4.07. The van der Waals surface area contributed by atoms with Crippen LogP contribution in [0.3, 0.4) is 0 Å². The zero-order valence-corrected chi connectivity index (χ0v) is 9.40. The van der Waals surface area contributed by atoms with Gasteiger partial charge in [-0.25, -0.2) is 0 Å². The molecule has 1 unspecified atom stereocenters. The highest BCUT2D eigenvalue weighted by atomic mass is 16.5. The molecule has 4 nitrogen and oxygen atoms in total. The van der Waals surface area contributed by atoms with E-state index in [4.69, 9.17) is 4.74 Å². The van der Waals surface area contributed by atoms with Crippen molar-refractivity contribution in [3.8, 4) is 0 Å². The number of nitrogens with zero attached hydrogens (tertiary/aromatic N) is 3. The van der Waals surface area contributed by atoms with Crippen LogP contribution >= 0.6 is 0 Å². The van der Waals surface area contributed by atoms with E-state index in [-0.39, 0.29) is 0 Å². The van der Waals surface area contributed by atoms with E-state index in [9.17, 15) is 0 Å². The number of hydrogen-bond donors (Lipinski definition) is 0. The lowest BCUT2D eigenvalue weighted by Crippen LogP contribution is -2.13. The summed E-state index contributed by atoms with van der Waals surface area (Å²) in [6.45, 7) is 7.19. The van der Waals surface area contributed by atoms with Crippen LogP contribution < -0.4 is 0 Å². The van der Waals surface area contributed by atoms with Crippen molar-refractivity contribution in [2.75, 3.05) is 13.7 Å². The van der Waals surface area contributed by atoms with Gasteiger partial charge in [0.2, 0.25) is 0 Å². The van der Waals surface area contributed by atoms with Gasteiger partial charge in [-0.05, 0) is 19.8 Å². The molecular formula is C10H19N3O. The highest BCUT2D eigenvalue weighted by Gasteiger charge is 2.11. The number of ether oxygens (including phenoxy) is 1. The smallest absolute Gasteiger partial charge is 0.133 e. The molecule has 0 aromatic carbocycles. The summed E-state index contributed by atoms with van der Waals surface area (Å²) < 4.78 is 7.20. The lowest BCUT2D eigenvalue weighted by Gasteiger charge is -2.13. The summed E-state index contributed by atoms with van der Waals surface area (Å²) in [5.74, 6) is 1.53. The minimum atomic E-state index is 0.426. The van der Waals surface area contributed by atoms with E-state index in [1.54, 1.807) is 13.4 Å². The molecule has 80 valence electrons. The first-order chi connectivity index (χ1) is 6.65. The van der Waals surface area contributed by atoms with Crippen molar-refractivity contribution in [3.05, 3.63) is 12.2 Å². The molecule has 0 aliphatic heterocycles. The van der Waals surface area contributed by atoms with Crippen LogP contribution in [0.4, 0.5) is 0 Å². The van der Waals surface area contributed by atoms with Gasteiger partial charge in [0, 0.05) is 26.2 Å². The van der Waals surface area contributed by atoms with Crippen molar-refractivity contribution in [3.63, 3.8) is 0 Å². The van der Waals surface area contributed by atoms with E-state index in [2.05, 4.69) is 35.5 Å². The lowest BCUT2D eigenvalue weighted by molar-refractivity contribution is 0.158. The minimum Gasteiger partial charge on any atom is -0.384 e. The van der Waals surface area contributed by atoms with Gasteiger partial charge in [-0.2, -0.15) is 0 Å². The van der Waals surface area contributed by atoms with E-state index in [1.165, 1.54) is 0 Å². The van der Waals surface area contributed by atoms with Crippen molar-refractivity contribution in [1.29, 1.82) is 0 Å². The molecule has 0 radical (unpaired) electrons. The van der Waals surface area contributed by atoms with E-state index < -0.39 is 0 Å². The second kappa shape index (κ2) is 5.10. The van der Waals surface area contributed by atoms with Gasteiger partial charge in [0.15, 0.2) is 0 Å². The summed E-state index contributed by atoms with van der Waals surface area (Å²) in [4.78, 5) is 0. The number of rotatable bonds is 5. The Balaban J connectivity index is 2.61. The fraction of sp³-hybridized carbons (Fsp3) is 0.800. The van der Waals surface area contributed by atoms with Crippen LogP contribution in [0.25, 0.3) is 0 Å². The van der Waals surface area contributed by atoms with Gasteiger partial charge in [-0.15, -0.1) is 10.2 Å². The SMILES string of the molecule is COCC(C)Cc1nncn1C(C)C. The molecule has 1 atom stereocenters. The highest BCUT2D eigenvalue weighted by molar-refractivity contribution is 4.89. The molecule has 14 heavy (non-hydrogen) atoms. The number of hydrogen-bond acceptors (Lipinski definition) is 3. The van der Waals surface area contributed by atoms with Gasteiger partial charge in [-0.1, -0.05) is 6.92 Å². The fourth-order valence-corrected chi connectivity index (χ4v) is 1.50. The maximum Gasteiger partial charge on any atom is 0.133 e. The fourth-order valence-electron chi connectivity index (χ4n) is 1.50. The van der Waals surface area contributed by atoms with Crippen LogP contribution in [0.5, 0.6) is 0 Å². The quantitative estimate of drug-likeness (QED) is 0.721. The van der Waals surface area contributed by atoms with E-state index >= 15 is 0 Å². The standard InChI is InChI=1S/C10H19N3O/c1-8(2)13-7-11-12-10(13)5-9(3)6-14-4/h7-9H,5-6H2,1-4H3. The Morgan fingerprint density at radius 3 is 2.71 bits per heavy atom. The van der Waals surface area contributed by atoms with E-state index in [1.807, 2.05) is 0 Å². The largest absolute Gasteiger partial charge is 0.384 e. The maximum absolute atomic E-state index is 5.10. The van der Waals surface area contributed by atoms with E-state index in [0.29, 0.717) is 12.0 Å². The third-order valence-corrected chi connectivity index (χ3v) is 2.19. The normalized spacial score (nSPS) is 13.5. The summed E-state index contributed by atoms with van der Waals surface area (Å²) in [5, 5.41) is 8.05. The molecule has 0 amide bonds. The third-order valence-electron chi connectivity index (χ3n) is 2.19. The number of aromatic nitrogens is 3. The van der Waals surface area contributed by atoms with Crippen molar-refractivity contribution < 1.29 is 4.74 Å². The summed E-state index contributed by atoms with van der Waals surface area (Å²) in [7, 11) is 1.73. The first-order valence-corrected chi connectivity index (χ1v) is 5.02. The molecular weight excluding hydrogens is 178 g/mol. The van der Waals surface area contributed by atoms with Gasteiger partial charge >= 0.3 is 0 Å². The zero-order valence-electron chi connectivity index (χ0n) is 9.40. The summed E-state index contributed by atoms with van der Waals surface area (Å²) in [6, 6.07) is 0.426. The van der Waals surface area contributed by atoms with Gasteiger partial charge in [0.05, 0.1) is 0 Å². The first kappa shape index (κ1) is 11.2. The molecule has 1 rings (SSSR count). The molecule has 0 aliphatic carbocycles. The first-order valence-electron chi connectivity index (χ1n) is 5.02. The molecule has 0 aliphatic rings. The monoisotopic (exact) mass is 197 g/mol. The molecule has 1 heterocycles. The Morgan fingerprint density at radius 1 is 1.43 bits per heavy atom. The van der Waals surface area contributed by atoms with Crippen molar-refractivity contribution >= 4 is 0 Å². The van der Waals surface area contributed by atoms with Crippen molar-refractivity contribution in [2.45, 2.75) is 33.2 Å². The molecule has 0 saturated carbocycles. The molecule has 0 bridgehead atoms. The van der Waals surface area contributed by atoms with E-state index in [0.717, 1.165) is 18.9 Å². The second-order valence-electron chi connectivity index (χ2n) is 4.01. The van der Waals surface area contributed by atoms with Gasteiger partial charge < -0.3 is 9.30 Å². The Hall–Kier alpha value is -0.900. The topological polar surface area (TPSA) is 39.9 Å². The van der Waals surface area contributed by atoms with Crippen molar-refractivity contribution in [1.82, 2.24) is 14.8 Å². The number of methoxy groups -OCH3 is 1. The molecule has 1 aromatic heterocycles. The lowest BCUT2D eigenvalue weighted by atomic mass is 10.1.